The fourth-order valence-electron chi connectivity index (χ4n) is 10.3. The number of benzene rings is 2. The molecule has 0 aliphatic carbocycles. The Hall–Kier alpha value is -6.96. The summed E-state index contributed by atoms with van der Waals surface area (Å²) in [6.07, 6.45) is 5.89. The summed E-state index contributed by atoms with van der Waals surface area (Å²) < 4.78 is 56.9. The number of aliphatic imine (C=N–C) groups is 1. The molecule has 0 bridgehead atoms. The van der Waals surface area contributed by atoms with Gasteiger partial charge in [0.2, 0.25) is 11.8 Å². The monoisotopic (exact) mass is 1320 g/mol. The normalized spacial score (nSPS) is 18.1. The Bertz CT molecular complexity index is 2930. The number of methoxy groups -OCH3 is 2. The molecule has 3 fully saturated rings. The number of amides is 7. The highest BCUT2D eigenvalue weighted by atomic mass is 33.1. The number of fused-ring (bicyclic) bond motifs is 2. The fraction of sp³-hybridized carbons (Fsp3) is 0.587. The number of aliphatic hydroxyl groups is 1. The van der Waals surface area contributed by atoms with E-state index in [4.69, 9.17) is 53.1 Å². The van der Waals surface area contributed by atoms with Crippen LogP contribution in [0.2, 0.25) is 0 Å². The van der Waals surface area contributed by atoms with Gasteiger partial charge >= 0.3 is 6.09 Å². The van der Waals surface area contributed by atoms with E-state index in [-0.39, 0.29) is 93.2 Å². The summed E-state index contributed by atoms with van der Waals surface area (Å²) in [6.45, 7) is 17.9. The van der Waals surface area contributed by atoms with Gasteiger partial charge in [0.15, 0.2) is 29.2 Å². The second-order valence-electron chi connectivity index (χ2n) is 22.8. The maximum absolute atomic E-state index is 14.4. The quantitative estimate of drug-likeness (QED) is 0.0154. The van der Waals surface area contributed by atoms with Crippen LogP contribution in [0.25, 0.3) is 0 Å². The topological polar surface area (TPSA) is 319 Å². The minimum Gasteiger partial charge on any atom is -0.493 e. The third-order valence-corrected chi connectivity index (χ3v) is 18.4. The Morgan fingerprint density at radius 1 is 0.761 bits per heavy atom. The van der Waals surface area contributed by atoms with E-state index in [2.05, 4.69) is 34.1 Å². The zero-order valence-electron chi connectivity index (χ0n) is 53.1. The maximum Gasteiger partial charge on any atom is 0.412 e. The second kappa shape index (κ2) is 37.1. The number of carbonyl (C=O) groups is 7. The molecule has 0 aromatic heterocycles. The molecule has 6 N–H and O–H groups in total. The van der Waals surface area contributed by atoms with Gasteiger partial charge in [0, 0.05) is 100 Å². The van der Waals surface area contributed by atoms with Crippen molar-refractivity contribution in [3.63, 3.8) is 0 Å². The average molecular weight is 1320 g/mol. The van der Waals surface area contributed by atoms with Gasteiger partial charge in [-0.3, -0.25) is 48.9 Å². The molecule has 92 heavy (non-hydrogen) atoms. The van der Waals surface area contributed by atoms with Crippen LogP contribution < -0.4 is 40.6 Å². The Labute approximate surface area is 545 Å². The summed E-state index contributed by atoms with van der Waals surface area (Å²) in [6, 6.07) is 5.91. The number of hydrogen-bond acceptors (Lipinski definition) is 23. The molecule has 2 aromatic rings. The Balaban J connectivity index is 0.698. The van der Waals surface area contributed by atoms with Crippen molar-refractivity contribution in [2.75, 3.05) is 151 Å². The number of nitrogens with one attached hydrogen (secondary N) is 3. The number of nitrogen functional groups attached to an aromatic ring is 1. The van der Waals surface area contributed by atoms with Crippen molar-refractivity contribution < 1.29 is 86.0 Å². The summed E-state index contributed by atoms with van der Waals surface area (Å²) in [7, 11) is 6.03. The number of ether oxygens (including phenoxy) is 10. The number of unbranched alkanes of at least 4 members (excludes halogenated alkanes) is 2. The minimum absolute atomic E-state index is 0.0212. The number of anilines is 1. The number of nitrogens with zero attached hydrogens (tertiary/aromatic N) is 5. The number of likely N-dealkylation sites (tertiary alicyclic amines) is 1. The average Bonchev–Trinajstić information content (AvgIpc) is 1.63. The van der Waals surface area contributed by atoms with Gasteiger partial charge in [-0.2, -0.15) is 0 Å². The van der Waals surface area contributed by atoms with E-state index in [1.807, 2.05) is 13.8 Å². The number of aliphatic hydroxyl groups excluding tert-OH is 1. The minimum atomic E-state index is -0.813. The van der Waals surface area contributed by atoms with Gasteiger partial charge in [0.05, 0.1) is 127 Å². The molecule has 5 aliphatic heterocycles. The lowest BCUT2D eigenvalue weighted by atomic mass is 10.1. The highest BCUT2D eigenvalue weighted by Gasteiger charge is 2.45. The van der Waals surface area contributed by atoms with E-state index in [0.29, 0.717) is 158 Å². The number of rotatable bonds is 41. The summed E-state index contributed by atoms with van der Waals surface area (Å²) in [4.78, 5) is 99.5. The molecular formula is C63H89N9O18S2. The zero-order chi connectivity index (χ0) is 66.0. The summed E-state index contributed by atoms with van der Waals surface area (Å²) in [5.41, 5.74) is 9.75. The van der Waals surface area contributed by atoms with Crippen molar-refractivity contribution >= 4 is 80.7 Å². The van der Waals surface area contributed by atoms with Crippen LogP contribution in [0.15, 0.2) is 65.7 Å². The van der Waals surface area contributed by atoms with Gasteiger partial charge < -0.3 is 78.6 Å². The highest BCUT2D eigenvalue weighted by molar-refractivity contribution is 8.77. The fourth-order valence-corrected chi connectivity index (χ4v) is 12.7. The lowest BCUT2D eigenvalue weighted by Gasteiger charge is -2.33. The predicted molar refractivity (Wildman–Crippen MR) is 345 cm³/mol. The Morgan fingerprint density at radius 2 is 1.39 bits per heavy atom. The summed E-state index contributed by atoms with van der Waals surface area (Å²) >= 11 is 0. The van der Waals surface area contributed by atoms with E-state index < -0.39 is 41.2 Å². The SMILES string of the molecule is C=C1CC(C2OCCN2C(=O)OCC(C)(C)SSCCC(=O)NCCNC(O)CCOCCOCCOCCOCCNC(=O)CCN2C(=O)C=CC2=O)N(C(=O)c2cc(OC)c(OCCCCCOc3cc4c(cc3OC)C(=O)N3CC(=C)C[C@H]3C=N4)cc2N)C1. The van der Waals surface area contributed by atoms with Crippen LogP contribution >= 0.6 is 21.6 Å². The van der Waals surface area contributed by atoms with Crippen molar-refractivity contribution in [3.8, 4) is 23.0 Å². The van der Waals surface area contributed by atoms with Gasteiger partial charge in [-0.05, 0) is 58.1 Å². The van der Waals surface area contributed by atoms with Crippen LogP contribution in [-0.2, 0) is 47.6 Å². The third kappa shape index (κ3) is 22.1. The first-order valence-corrected chi connectivity index (χ1v) is 33.3. The Kier molecular flexibility index (Phi) is 29.2. The zero-order valence-corrected chi connectivity index (χ0v) is 54.7. The number of imide groups is 1. The standard InChI is InChI=1S/C63H89N9O18S2/c1-42-32-44-38-68-48-37-53(51(82-6)35-46(48)60(79)71(44)39-42)88-21-9-7-8-20-87-52-36-47(64)45(34-50(52)81-5)59(78)72-40-43(2)33-49(72)61-70(19-24-89-61)62(80)90-41-63(3,4)92-91-31-14-56(75)66-16-15-65-55(74)13-22-83-25-27-85-29-30-86-28-26-84-23-17-67-54(73)12-18-69-57(76)10-11-58(69)77/h10-11,34-38,44,49,55,61,65,74H,1-2,7-9,12-33,39-41,64H2,3-6H3,(H,66,75)(H,67,73)/t44-,49?,55?,61?/m0/s1. The van der Waals surface area contributed by atoms with Gasteiger partial charge in [-0.1, -0.05) is 45.9 Å². The largest absolute Gasteiger partial charge is 0.493 e. The molecule has 0 radical (unpaired) electrons. The molecule has 2 aromatic carbocycles. The second-order valence-corrected chi connectivity index (χ2v) is 25.9. The van der Waals surface area contributed by atoms with Crippen LogP contribution in [0.1, 0.15) is 85.9 Å². The van der Waals surface area contributed by atoms with Crippen molar-refractivity contribution in [3.05, 3.63) is 71.8 Å². The molecule has 0 spiro atoms. The molecule has 27 nitrogen and oxygen atoms in total. The van der Waals surface area contributed by atoms with Crippen LogP contribution in [-0.4, -0.2) is 247 Å². The molecular weight excluding hydrogens is 1230 g/mol. The summed E-state index contributed by atoms with van der Waals surface area (Å²) in [5, 5.41) is 18.8. The molecule has 5 heterocycles. The van der Waals surface area contributed by atoms with Crippen molar-refractivity contribution in [1.29, 1.82) is 0 Å². The predicted octanol–water partition coefficient (Wildman–Crippen LogP) is 4.43. The third-order valence-electron chi connectivity index (χ3n) is 15.1. The number of carbonyl (C=O) groups excluding carboxylic acids is 7. The highest BCUT2D eigenvalue weighted by Crippen LogP contribution is 2.41. The molecule has 5 aliphatic rings. The lowest BCUT2D eigenvalue weighted by molar-refractivity contribution is -0.137. The molecule has 4 atom stereocenters. The molecule has 7 amide bonds. The van der Waals surface area contributed by atoms with Crippen LogP contribution in [0.3, 0.4) is 0 Å². The van der Waals surface area contributed by atoms with Crippen molar-refractivity contribution in [1.82, 2.24) is 35.6 Å². The first-order valence-electron chi connectivity index (χ1n) is 31.0. The smallest absolute Gasteiger partial charge is 0.412 e. The van der Waals surface area contributed by atoms with E-state index in [1.165, 1.54) is 52.9 Å². The first-order chi connectivity index (χ1) is 44.4. The summed E-state index contributed by atoms with van der Waals surface area (Å²) in [5.74, 6) is 0.459. The Morgan fingerprint density at radius 3 is 2.09 bits per heavy atom. The molecule has 3 saturated heterocycles. The van der Waals surface area contributed by atoms with E-state index in [1.54, 1.807) is 40.3 Å². The van der Waals surface area contributed by atoms with E-state index >= 15 is 0 Å². The van der Waals surface area contributed by atoms with Crippen LogP contribution in [0.4, 0.5) is 16.2 Å². The lowest BCUT2D eigenvalue weighted by Crippen LogP contribution is -2.51. The van der Waals surface area contributed by atoms with Crippen molar-refractivity contribution in [2.45, 2.75) is 94.5 Å². The molecule has 506 valence electrons. The number of hydrogen-bond donors (Lipinski definition) is 5. The van der Waals surface area contributed by atoms with Crippen LogP contribution in [0.5, 0.6) is 23.0 Å². The van der Waals surface area contributed by atoms with Gasteiger partial charge in [0.25, 0.3) is 23.6 Å². The van der Waals surface area contributed by atoms with Gasteiger partial charge in [0.1, 0.15) is 12.8 Å². The molecule has 0 saturated carbocycles. The van der Waals surface area contributed by atoms with E-state index in [0.717, 1.165) is 22.5 Å². The first kappa shape index (κ1) is 72.5. The van der Waals surface area contributed by atoms with Gasteiger partial charge in [-0.25, -0.2) is 4.79 Å². The molecule has 7 rings (SSSR count). The van der Waals surface area contributed by atoms with Crippen molar-refractivity contribution in [2.24, 2.45) is 4.99 Å². The molecule has 29 heteroatoms. The number of nitrogens with two attached hydrogens (primary N) is 1. The maximum atomic E-state index is 14.4. The van der Waals surface area contributed by atoms with Crippen LogP contribution in [0, 0.1) is 0 Å². The van der Waals surface area contributed by atoms with Gasteiger partial charge in [-0.15, -0.1) is 0 Å². The van der Waals surface area contributed by atoms with E-state index in [9.17, 15) is 38.7 Å². The molecule has 3 unspecified atom stereocenters.